The second-order valence-electron chi connectivity index (χ2n) is 4.85. The number of carbonyl (C=O) groups excluding carboxylic acids is 2. The Bertz CT molecular complexity index is 716. The van der Waals surface area contributed by atoms with Gasteiger partial charge in [0.15, 0.2) is 10.9 Å². The summed E-state index contributed by atoms with van der Waals surface area (Å²) in [6, 6.07) is 7.15. The molecule has 0 bridgehead atoms. The normalized spacial score (nSPS) is 13.6. The molecule has 0 aliphatic heterocycles. The molecule has 4 nitrogen and oxygen atoms in total. The number of aryl methyl sites for hydroxylation is 1. The van der Waals surface area contributed by atoms with Crippen molar-refractivity contribution >= 4 is 34.2 Å². The van der Waals surface area contributed by atoms with Crippen molar-refractivity contribution < 1.29 is 9.59 Å². The van der Waals surface area contributed by atoms with Gasteiger partial charge in [0.05, 0.1) is 10.6 Å². The standard InChI is InChI=1S/C16H14N2O2S/c1-2-10-6-8-11(9-7-10)15(20)18-16-17-12-4-3-5-13(19)14(12)21-16/h2,6-9H,1,3-5H2,(H,17,18,20). The van der Waals surface area contributed by atoms with Crippen LogP contribution in [0.2, 0.25) is 0 Å². The summed E-state index contributed by atoms with van der Waals surface area (Å²) < 4.78 is 0. The molecule has 0 spiro atoms. The Morgan fingerprint density at radius 3 is 2.71 bits per heavy atom. The Kier molecular flexibility index (Phi) is 3.66. The fourth-order valence-corrected chi connectivity index (χ4v) is 3.24. The first-order valence-electron chi connectivity index (χ1n) is 6.74. The number of benzene rings is 1. The highest BCUT2D eigenvalue weighted by atomic mass is 32.1. The van der Waals surface area contributed by atoms with E-state index in [2.05, 4.69) is 16.9 Å². The van der Waals surface area contributed by atoms with E-state index >= 15 is 0 Å². The molecule has 1 aromatic carbocycles. The van der Waals surface area contributed by atoms with Crippen LogP contribution in [0.4, 0.5) is 5.13 Å². The highest BCUT2D eigenvalue weighted by Gasteiger charge is 2.22. The van der Waals surface area contributed by atoms with Gasteiger partial charge in [0.2, 0.25) is 0 Å². The zero-order chi connectivity index (χ0) is 14.8. The lowest BCUT2D eigenvalue weighted by molar-refractivity contribution is 0.0975. The minimum Gasteiger partial charge on any atom is -0.298 e. The molecular formula is C16H14N2O2S. The van der Waals surface area contributed by atoms with E-state index in [1.807, 2.05) is 12.1 Å². The number of carbonyl (C=O) groups is 2. The largest absolute Gasteiger partial charge is 0.298 e. The smallest absolute Gasteiger partial charge is 0.257 e. The van der Waals surface area contributed by atoms with Gasteiger partial charge in [-0.25, -0.2) is 4.98 Å². The summed E-state index contributed by atoms with van der Waals surface area (Å²) in [6.45, 7) is 3.68. The Morgan fingerprint density at radius 1 is 1.29 bits per heavy atom. The number of thiazole rings is 1. The summed E-state index contributed by atoms with van der Waals surface area (Å²) in [5.74, 6) is -0.0891. The number of amides is 1. The van der Waals surface area contributed by atoms with E-state index in [1.165, 1.54) is 11.3 Å². The second kappa shape index (κ2) is 5.61. The first kappa shape index (κ1) is 13.7. The Hall–Kier alpha value is -2.27. The van der Waals surface area contributed by atoms with Crippen molar-refractivity contribution in [3.8, 4) is 0 Å². The lowest BCUT2D eigenvalue weighted by Gasteiger charge is -2.05. The van der Waals surface area contributed by atoms with Gasteiger partial charge in [-0.2, -0.15) is 0 Å². The van der Waals surface area contributed by atoms with E-state index < -0.39 is 0 Å². The number of nitrogens with one attached hydrogen (secondary N) is 1. The van der Waals surface area contributed by atoms with Crippen LogP contribution in [0.15, 0.2) is 30.8 Å². The number of fused-ring (bicyclic) bond motifs is 1. The van der Waals surface area contributed by atoms with Gasteiger partial charge in [0.1, 0.15) is 0 Å². The maximum Gasteiger partial charge on any atom is 0.257 e. The first-order chi connectivity index (χ1) is 10.2. The molecule has 0 saturated heterocycles. The quantitative estimate of drug-likeness (QED) is 0.942. The molecule has 3 rings (SSSR count). The van der Waals surface area contributed by atoms with E-state index in [-0.39, 0.29) is 11.7 Å². The molecule has 106 valence electrons. The third-order valence-corrected chi connectivity index (χ3v) is 4.45. The monoisotopic (exact) mass is 298 g/mol. The molecule has 1 aliphatic rings. The zero-order valence-electron chi connectivity index (χ0n) is 11.4. The maximum atomic E-state index is 12.2. The van der Waals surface area contributed by atoms with Crippen molar-refractivity contribution in [2.75, 3.05) is 5.32 Å². The predicted molar refractivity (Wildman–Crippen MR) is 83.9 cm³/mol. The fourth-order valence-electron chi connectivity index (χ4n) is 2.26. The molecule has 1 aliphatic carbocycles. The van der Waals surface area contributed by atoms with Crippen molar-refractivity contribution in [2.24, 2.45) is 0 Å². The molecule has 0 atom stereocenters. The van der Waals surface area contributed by atoms with Crippen LogP contribution >= 0.6 is 11.3 Å². The number of nitrogens with zero attached hydrogens (tertiary/aromatic N) is 1. The zero-order valence-corrected chi connectivity index (χ0v) is 12.2. The number of aromatic nitrogens is 1. The molecule has 0 saturated carbocycles. The van der Waals surface area contributed by atoms with Gasteiger partial charge in [-0.05, 0) is 30.5 Å². The van der Waals surface area contributed by atoms with Gasteiger partial charge in [-0.15, -0.1) is 0 Å². The van der Waals surface area contributed by atoms with E-state index in [0.29, 0.717) is 22.0 Å². The topological polar surface area (TPSA) is 59.1 Å². The van der Waals surface area contributed by atoms with Crippen LogP contribution in [0.25, 0.3) is 6.08 Å². The van der Waals surface area contributed by atoms with Gasteiger partial charge in [0, 0.05) is 12.0 Å². The number of hydrogen-bond acceptors (Lipinski definition) is 4. The van der Waals surface area contributed by atoms with E-state index in [1.54, 1.807) is 18.2 Å². The van der Waals surface area contributed by atoms with Crippen molar-refractivity contribution in [1.82, 2.24) is 4.98 Å². The molecule has 0 unspecified atom stereocenters. The fraction of sp³-hybridized carbons (Fsp3) is 0.188. The SMILES string of the molecule is C=Cc1ccc(C(=O)Nc2nc3c(s2)C(=O)CCC3)cc1. The minimum absolute atomic E-state index is 0.129. The van der Waals surface area contributed by atoms with Crippen LogP contribution in [0.1, 0.15) is 44.1 Å². The molecule has 1 aromatic heterocycles. The lowest BCUT2D eigenvalue weighted by atomic mass is 10.0. The molecular weight excluding hydrogens is 284 g/mol. The Balaban J connectivity index is 1.78. The van der Waals surface area contributed by atoms with Gasteiger partial charge < -0.3 is 0 Å². The highest BCUT2D eigenvalue weighted by Crippen LogP contribution is 2.29. The van der Waals surface area contributed by atoms with Crippen LogP contribution in [0, 0.1) is 0 Å². The third kappa shape index (κ3) is 2.78. The summed E-state index contributed by atoms with van der Waals surface area (Å²) >= 11 is 1.27. The molecule has 1 N–H and O–H groups in total. The molecule has 5 heteroatoms. The number of ketones is 1. The number of rotatable bonds is 3. The summed E-state index contributed by atoms with van der Waals surface area (Å²) in [4.78, 5) is 29.0. The van der Waals surface area contributed by atoms with E-state index in [0.717, 1.165) is 24.1 Å². The summed E-state index contributed by atoms with van der Waals surface area (Å²) in [5, 5.41) is 3.26. The van der Waals surface area contributed by atoms with Crippen molar-refractivity contribution in [3.63, 3.8) is 0 Å². The lowest BCUT2D eigenvalue weighted by Crippen LogP contribution is -2.11. The Morgan fingerprint density at radius 2 is 2.05 bits per heavy atom. The first-order valence-corrected chi connectivity index (χ1v) is 7.56. The number of hydrogen-bond donors (Lipinski definition) is 1. The molecule has 0 fully saturated rings. The average molecular weight is 298 g/mol. The van der Waals surface area contributed by atoms with Crippen LogP contribution in [0.3, 0.4) is 0 Å². The summed E-state index contributed by atoms with van der Waals surface area (Å²) in [5.41, 5.74) is 2.33. The highest BCUT2D eigenvalue weighted by molar-refractivity contribution is 7.17. The van der Waals surface area contributed by atoms with Gasteiger partial charge in [-0.3, -0.25) is 14.9 Å². The van der Waals surface area contributed by atoms with Crippen LogP contribution in [0.5, 0.6) is 0 Å². The maximum absolute atomic E-state index is 12.2. The van der Waals surface area contributed by atoms with Crippen LogP contribution < -0.4 is 5.32 Å². The molecule has 0 radical (unpaired) electrons. The van der Waals surface area contributed by atoms with Crippen molar-refractivity contribution in [2.45, 2.75) is 19.3 Å². The van der Waals surface area contributed by atoms with E-state index in [9.17, 15) is 9.59 Å². The van der Waals surface area contributed by atoms with Gasteiger partial charge >= 0.3 is 0 Å². The average Bonchev–Trinajstić information content (AvgIpc) is 2.91. The molecule has 21 heavy (non-hydrogen) atoms. The summed E-state index contributed by atoms with van der Waals surface area (Å²) in [7, 11) is 0. The van der Waals surface area contributed by atoms with E-state index in [4.69, 9.17) is 0 Å². The van der Waals surface area contributed by atoms with Gasteiger partial charge in [-0.1, -0.05) is 36.1 Å². The molecule has 1 amide bonds. The predicted octanol–water partition coefficient (Wildman–Crippen LogP) is 3.56. The van der Waals surface area contributed by atoms with Crippen LogP contribution in [-0.2, 0) is 6.42 Å². The van der Waals surface area contributed by atoms with Gasteiger partial charge in [0.25, 0.3) is 5.91 Å². The molecule has 2 aromatic rings. The second-order valence-corrected chi connectivity index (χ2v) is 5.85. The number of Topliss-reactive ketones (excluding diaryl/α,β-unsaturated/α-hetero) is 1. The van der Waals surface area contributed by atoms with Crippen molar-refractivity contribution in [1.29, 1.82) is 0 Å². The Labute approximate surface area is 126 Å². The molecule has 1 heterocycles. The third-order valence-electron chi connectivity index (χ3n) is 3.40. The minimum atomic E-state index is -0.218. The van der Waals surface area contributed by atoms with Crippen LogP contribution in [-0.4, -0.2) is 16.7 Å². The number of anilines is 1. The van der Waals surface area contributed by atoms with Crippen molar-refractivity contribution in [3.05, 3.63) is 52.5 Å². The summed E-state index contributed by atoms with van der Waals surface area (Å²) in [6.07, 6.45) is 3.95.